The average molecular weight is 178 g/mol. The van der Waals surface area contributed by atoms with Gasteiger partial charge in [0.15, 0.2) is 0 Å². The lowest BCUT2D eigenvalue weighted by molar-refractivity contribution is -0.0685. The number of ether oxygens (including phenoxy) is 2. The van der Waals surface area contributed by atoms with Crippen molar-refractivity contribution in [2.75, 3.05) is 13.4 Å². The molecule has 1 aliphatic heterocycles. The highest BCUT2D eigenvalue weighted by Gasteiger charge is 2.13. The first kappa shape index (κ1) is 8.73. The summed E-state index contributed by atoms with van der Waals surface area (Å²) >= 11 is 0. The summed E-state index contributed by atoms with van der Waals surface area (Å²) in [5, 5.41) is 0. The van der Waals surface area contributed by atoms with E-state index in [-0.39, 0.29) is 6.10 Å². The lowest BCUT2D eigenvalue weighted by Gasteiger charge is -2.13. The summed E-state index contributed by atoms with van der Waals surface area (Å²) in [6.45, 7) is 1.25. The molecule has 1 aromatic carbocycles. The first-order chi connectivity index (χ1) is 6.47. The first-order valence-electron chi connectivity index (χ1n) is 4.71. The van der Waals surface area contributed by atoms with Crippen molar-refractivity contribution in [1.29, 1.82) is 0 Å². The summed E-state index contributed by atoms with van der Waals surface area (Å²) in [7, 11) is 0. The molecule has 1 atom stereocenters. The largest absolute Gasteiger partial charge is 0.355 e. The van der Waals surface area contributed by atoms with Gasteiger partial charge in [-0.1, -0.05) is 30.3 Å². The Morgan fingerprint density at radius 1 is 1.15 bits per heavy atom. The molecule has 1 saturated heterocycles. The van der Waals surface area contributed by atoms with Gasteiger partial charge in [-0.2, -0.15) is 0 Å². The number of benzene rings is 1. The predicted octanol–water partition coefficient (Wildman–Crippen LogP) is 2.51. The molecule has 0 aromatic heterocycles. The van der Waals surface area contributed by atoms with Crippen molar-refractivity contribution >= 4 is 0 Å². The maximum Gasteiger partial charge on any atom is 0.147 e. The second kappa shape index (κ2) is 4.40. The Kier molecular flexibility index (Phi) is 2.95. The van der Waals surface area contributed by atoms with Gasteiger partial charge in [0.05, 0.1) is 6.10 Å². The highest BCUT2D eigenvalue weighted by atomic mass is 16.7. The highest BCUT2D eigenvalue weighted by molar-refractivity contribution is 5.17. The molecule has 1 heterocycles. The summed E-state index contributed by atoms with van der Waals surface area (Å²) in [6.07, 6.45) is 2.37. The zero-order valence-corrected chi connectivity index (χ0v) is 7.61. The van der Waals surface area contributed by atoms with E-state index < -0.39 is 0 Å². The lowest BCUT2D eigenvalue weighted by atomic mass is 10.1. The molecule has 0 radical (unpaired) electrons. The van der Waals surface area contributed by atoms with Crippen LogP contribution in [0.2, 0.25) is 0 Å². The molecule has 2 heteroatoms. The third-order valence-electron chi connectivity index (χ3n) is 2.28. The van der Waals surface area contributed by atoms with Crippen LogP contribution in [0.5, 0.6) is 0 Å². The van der Waals surface area contributed by atoms with Gasteiger partial charge in [-0.15, -0.1) is 0 Å². The van der Waals surface area contributed by atoms with Gasteiger partial charge in [0.2, 0.25) is 0 Å². The van der Waals surface area contributed by atoms with Crippen molar-refractivity contribution in [3.63, 3.8) is 0 Å². The quantitative estimate of drug-likeness (QED) is 0.657. The molecule has 0 bridgehead atoms. The molecule has 0 aliphatic carbocycles. The summed E-state index contributed by atoms with van der Waals surface area (Å²) in [5.41, 5.74) is 1.26. The fourth-order valence-electron chi connectivity index (χ4n) is 1.57. The maximum absolute atomic E-state index is 5.57. The van der Waals surface area contributed by atoms with E-state index in [0.29, 0.717) is 6.79 Å². The second-order valence-electron chi connectivity index (χ2n) is 3.23. The van der Waals surface area contributed by atoms with Crippen LogP contribution in [0.4, 0.5) is 0 Å². The van der Waals surface area contributed by atoms with Crippen LogP contribution >= 0.6 is 0 Å². The fourth-order valence-corrected chi connectivity index (χ4v) is 1.57. The van der Waals surface area contributed by atoms with E-state index in [1.54, 1.807) is 0 Å². The van der Waals surface area contributed by atoms with E-state index in [9.17, 15) is 0 Å². The Morgan fingerprint density at radius 2 is 2.00 bits per heavy atom. The first-order valence-corrected chi connectivity index (χ1v) is 4.71. The van der Waals surface area contributed by atoms with E-state index in [4.69, 9.17) is 9.47 Å². The van der Waals surface area contributed by atoms with Gasteiger partial charge < -0.3 is 9.47 Å². The van der Waals surface area contributed by atoms with E-state index in [0.717, 1.165) is 19.4 Å². The smallest absolute Gasteiger partial charge is 0.147 e. The minimum Gasteiger partial charge on any atom is -0.355 e. The predicted molar refractivity (Wildman–Crippen MR) is 50.3 cm³/mol. The molecular weight excluding hydrogens is 164 g/mol. The average Bonchev–Trinajstić information content (AvgIpc) is 2.47. The Labute approximate surface area is 78.5 Å². The van der Waals surface area contributed by atoms with Crippen LogP contribution in [-0.4, -0.2) is 13.4 Å². The molecule has 1 unspecified atom stereocenters. The summed E-state index contributed by atoms with van der Waals surface area (Å²) in [5.74, 6) is 0. The SMILES string of the molecule is c1ccc(C2CCCOCO2)cc1. The normalized spacial score (nSPS) is 23.8. The monoisotopic (exact) mass is 178 g/mol. The van der Waals surface area contributed by atoms with Gasteiger partial charge in [-0.25, -0.2) is 0 Å². The van der Waals surface area contributed by atoms with Crippen molar-refractivity contribution in [1.82, 2.24) is 0 Å². The van der Waals surface area contributed by atoms with Crippen LogP contribution < -0.4 is 0 Å². The van der Waals surface area contributed by atoms with Gasteiger partial charge in [0.25, 0.3) is 0 Å². The van der Waals surface area contributed by atoms with E-state index >= 15 is 0 Å². The van der Waals surface area contributed by atoms with Crippen molar-refractivity contribution in [2.24, 2.45) is 0 Å². The van der Waals surface area contributed by atoms with Crippen LogP contribution in [0.15, 0.2) is 30.3 Å². The van der Waals surface area contributed by atoms with Crippen LogP contribution in [0.25, 0.3) is 0 Å². The molecule has 2 rings (SSSR count). The molecule has 70 valence electrons. The van der Waals surface area contributed by atoms with Crippen LogP contribution in [0.1, 0.15) is 24.5 Å². The van der Waals surface area contributed by atoms with E-state index in [1.165, 1.54) is 5.56 Å². The molecule has 0 spiro atoms. The number of hydrogen-bond donors (Lipinski definition) is 0. The van der Waals surface area contributed by atoms with Crippen molar-refractivity contribution in [3.8, 4) is 0 Å². The van der Waals surface area contributed by atoms with Gasteiger partial charge in [0, 0.05) is 6.61 Å². The molecule has 13 heavy (non-hydrogen) atoms. The molecule has 1 fully saturated rings. The Bertz CT molecular complexity index is 238. The van der Waals surface area contributed by atoms with Crippen LogP contribution in [0.3, 0.4) is 0 Å². The van der Waals surface area contributed by atoms with Crippen molar-refractivity contribution in [2.45, 2.75) is 18.9 Å². The molecule has 0 amide bonds. The Balaban J connectivity index is 2.06. The van der Waals surface area contributed by atoms with Crippen molar-refractivity contribution < 1.29 is 9.47 Å². The topological polar surface area (TPSA) is 18.5 Å². The molecule has 0 saturated carbocycles. The van der Waals surface area contributed by atoms with Gasteiger partial charge in [-0.05, 0) is 18.4 Å². The third-order valence-corrected chi connectivity index (χ3v) is 2.28. The van der Waals surface area contributed by atoms with Gasteiger partial charge >= 0.3 is 0 Å². The molecule has 0 N–H and O–H groups in total. The summed E-state index contributed by atoms with van der Waals surface area (Å²) < 4.78 is 10.8. The second-order valence-corrected chi connectivity index (χ2v) is 3.23. The van der Waals surface area contributed by atoms with Crippen LogP contribution in [-0.2, 0) is 9.47 Å². The van der Waals surface area contributed by atoms with Crippen LogP contribution in [0, 0.1) is 0 Å². The molecule has 2 nitrogen and oxygen atoms in total. The van der Waals surface area contributed by atoms with Gasteiger partial charge in [-0.3, -0.25) is 0 Å². The summed E-state index contributed by atoms with van der Waals surface area (Å²) in [4.78, 5) is 0. The van der Waals surface area contributed by atoms with E-state index in [2.05, 4.69) is 12.1 Å². The molecule has 1 aromatic rings. The fraction of sp³-hybridized carbons (Fsp3) is 0.455. The van der Waals surface area contributed by atoms with Gasteiger partial charge in [0.1, 0.15) is 6.79 Å². The lowest BCUT2D eigenvalue weighted by Crippen LogP contribution is -2.02. The minimum atomic E-state index is 0.226. The molecular formula is C11H14O2. The zero-order valence-electron chi connectivity index (χ0n) is 7.61. The Hall–Kier alpha value is -0.860. The highest BCUT2D eigenvalue weighted by Crippen LogP contribution is 2.24. The number of hydrogen-bond acceptors (Lipinski definition) is 2. The minimum absolute atomic E-state index is 0.226. The Morgan fingerprint density at radius 3 is 2.85 bits per heavy atom. The van der Waals surface area contributed by atoms with Crippen molar-refractivity contribution in [3.05, 3.63) is 35.9 Å². The van der Waals surface area contributed by atoms with E-state index in [1.807, 2.05) is 18.2 Å². The third kappa shape index (κ3) is 2.29. The standard InChI is InChI=1S/C11H14O2/c1-2-5-10(6-3-1)11-7-4-8-12-9-13-11/h1-3,5-6,11H,4,7-9H2. The zero-order chi connectivity index (χ0) is 8.93. The summed E-state index contributed by atoms with van der Waals surface area (Å²) in [6, 6.07) is 10.3. The molecule has 1 aliphatic rings. The number of rotatable bonds is 1. The maximum atomic E-state index is 5.57.